The summed E-state index contributed by atoms with van der Waals surface area (Å²) in [4.78, 5) is 8.13. The molecule has 1 rings (SSSR count). The first-order valence-corrected chi connectivity index (χ1v) is 4.30. The van der Waals surface area contributed by atoms with Gasteiger partial charge in [0, 0.05) is 32.1 Å². The number of hydrogen-bond acceptors (Lipinski definition) is 4. The summed E-state index contributed by atoms with van der Waals surface area (Å²) in [6, 6.07) is 3.83. The highest BCUT2D eigenvalue weighted by Gasteiger charge is 1.98. The molecule has 0 aromatic carbocycles. The zero-order valence-electron chi connectivity index (χ0n) is 8.36. The summed E-state index contributed by atoms with van der Waals surface area (Å²) >= 11 is 0. The van der Waals surface area contributed by atoms with Crippen LogP contribution in [0.25, 0.3) is 5.57 Å². The van der Waals surface area contributed by atoms with Gasteiger partial charge >= 0.3 is 0 Å². The summed E-state index contributed by atoms with van der Waals surface area (Å²) in [5.74, 6) is 0. The number of pyridine rings is 1. The zero-order chi connectivity index (χ0) is 10.4. The topological polar surface area (TPSA) is 63.3 Å². The molecular weight excluding hydrogens is 176 g/mol. The van der Waals surface area contributed by atoms with E-state index in [9.17, 15) is 0 Å². The molecule has 0 radical (unpaired) electrons. The Kier molecular flexibility index (Phi) is 3.67. The second-order valence-corrected chi connectivity index (χ2v) is 2.69. The summed E-state index contributed by atoms with van der Waals surface area (Å²) in [6.07, 6.45) is 4.93. The third kappa shape index (κ3) is 2.32. The van der Waals surface area contributed by atoms with E-state index in [1.54, 1.807) is 19.5 Å². The minimum Gasteiger partial charge on any atom is -0.404 e. The number of nitrogens with zero attached hydrogens (tertiary/aromatic N) is 2. The Bertz CT molecular complexity index is 338. The van der Waals surface area contributed by atoms with E-state index in [1.165, 1.54) is 6.20 Å². The molecule has 0 spiro atoms. The van der Waals surface area contributed by atoms with Crippen LogP contribution in [0.2, 0.25) is 0 Å². The molecule has 4 heteroatoms. The first-order valence-electron chi connectivity index (χ1n) is 4.30. The number of aliphatic imine (C=N–C) groups is 1. The van der Waals surface area contributed by atoms with Crippen LogP contribution in [0.1, 0.15) is 5.69 Å². The standard InChI is InChI=1S/C10H14N4/c1-12-6-8(5-11)10-4-3-9(13-2)7-14-10/h3-7,13H,11H2,1-2H3. The Morgan fingerprint density at radius 1 is 1.57 bits per heavy atom. The van der Waals surface area contributed by atoms with Gasteiger partial charge < -0.3 is 11.1 Å². The highest BCUT2D eigenvalue weighted by molar-refractivity contribution is 6.08. The number of anilines is 1. The summed E-state index contributed by atoms with van der Waals surface area (Å²) < 4.78 is 0. The summed E-state index contributed by atoms with van der Waals surface area (Å²) in [7, 11) is 3.55. The van der Waals surface area contributed by atoms with E-state index < -0.39 is 0 Å². The van der Waals surface area contributed by atoms with E-state index in [2.05, 4.69) is 15.3 Å². The van der Waals surface area contributed by atoms with Gasteiger partial charge in [0.2, 0.25) is 0 Å². The average Bonchev–Trinajstić information content (AvgIpc) is 2.26. The fourth-order valence-corrected chi connectivity index (χ4v) is 1.05. The number of aromatic nitrogens is 1. The summed E-state index contributed by atoms with van der Waals surface area (Å²) in [5.41, 5.74) is 8.06. The molecule has 0 aliphatic carbocycles. The molecule has 0 bridgehead atoms. The Hall–Kier alpha value is -1.84. The van der Waals surface area contributed by atoms with Gasteiger partial charge in [0.1, 0.15) is 0 Å². The Morgan fingerprint density at radius 2 is 2.36 bits per heavy atom. The second-order valence-electron chi connectivity index (χ2n) is 2.69. The first kappa shape index (κ1) is 10.2. The van der Waals surface area contributed by atoms with Crippen LogP contribution in [-0.4, -0.2) is 25.3 Å². The SMILES string of the molecule is CN=CC(=CN)c1ccc(NC)cn1. The Morgan fingerprint density at radius 3 is 2.79 bits per heavy atom. The monoisotopic (exact) mass is 190 g/mol. The largest absolute Gasteiger partial charge is 0.404 e. The zero-order valence-corrected chi connectivity index (χ0v) is 8.36. The third-order valence-electron chi connectivity index (χ3n) is 1.80. The predicted octanol–water partition coefficient (Wildman–Crippen LogP) is 1.12. The van der Waals surface area contributed by atoms with E-state index >= 15 is 0 Å². The van der Waals surface area contributed by atoms with Crippen LogP contribution in [0.5, 0.6) is 0 Å². The van der Waals surface area contributed by atoms with Crippen molar-refractivity contribution in [2.45, 2.75) is 0 Å². The second kappa shape index (κ2) is 5.01. The molecule has 3 N–H and O–H groups in total. The van der Waals surface area contributed by atoms with Gasteiger partial charge in [-0.05, 0) is 12.1 Å². The van der Waals surface area contributed by atoms with Crippen molar-refractivity contribution in [3.63, 3.8) is 0 Å². The normalized spacial score (nSPS) is 12.0. The fraction of sp³-hybridized carbons (Fsp3) is 0.200. The van der Waals surface area contributed by atoms with Crippen LogP contribution in [0, 0.1) is 0 Å². The molecule has 0 saturated carbocycles. The summed E-state index contributed by atoms with van der Waals surface area (Å²) in [5, 5.41) is 3.00. The lowest BCUT2D eigenvalue weighted by Crippen LogP contribution is -1.96. The molecule has 0 amide bonds. The van der Waals surface area contributed by atoms with Gasteiger partial charge in [0.05, 0.1) is 17.6 Å². The van der Waals surface area contributed by atoms with E-state index in [4.69, 9.17) is 5.73 Å². The van der Waals surface area contributed by atoms with Crippen LogP contribution in [0.3, 0.4) is 0 Å². The van der Waals surface area contributed by atoms with Gasteiger partial charge in [0.15, 0.2) is 0 Å². The molecule has 1 aromatic rings. The van der Waals surface area contributed by atoms with Crippen molar-refractivity contribution >= 4 is 17.5 Å². The van der Waals surface area contributed by atoms with Crippen molar-refractivity contribution in [3.8, 4) is 0 Å². The third-order valence-corrected chi connectivity index (χ3v) is 1.80. The molecule has 0 fully saturated rings. The van der Waals surface area contributed by atoms with Gasteiger partial charge in [-0.15, -0.1) is 0 Å². The van der Waals surface area contributed by atoms with Gasteiger partial charge in [-0.1, -0.05) is 0 Å². The summed E-state index contributed by atoms with van der Waals surface area (Å²) in [6.45, 7) is 0. The smallest absolute Gasteiger partial charge is 0.0733 e. The highest BCUT2D eigenvalue weighted by atomic mass is 14.8. The van der Waals surface area contributed by atoms with Gasteiger partial charge in [-0.2, -0.15) is 0 Å². The lowest BCUT2D eigenvalue weighted by Gasteiger charge is -2.02. The minimum absolute atomic E-state index is 0.815. The lowest BCUT2D eigenvalue weighted by molar-refractivity contribution is 1.27. The predicted molar refractivity (Wildman–Crippen MR) is 60.4 cm³/mol. The number of allylic oxidation sites excluding steroid dienone is 1. The highest BCUT2D eigenvalue weighted by Crippen LogP contribution is 2.11. The van der Waals surface area contributed by atoms with E-state index in [-0.39, 0.29) is 0 Å². The van der Waals surface area contributed by atoms with Crippen molar-refractivity contribution in [1.29, 1.82) is 0 Å². The number of rotatable bonds is 3. The molecule has 14 heavy (non-hydrogen) atoms. The van der Waals surface area contributed by atoms with Gasteiger partial charge in [-0.3, -0.25) is 9.98 Å². The lowest BCUT2D eigenvalue weighted by atomic mass is 10.2. The maximum Gasteiger partial charge on any atom is 0.0733 e. The number of hydrogen-bond donors (Lipinski definition) is 2. The van der Waals surface area contributed by atoms with E-state index in [0.29, 0.717) is 0 Å². The molecular formula is C10H14N4. The van der Waals surface area contributed by atoms with Crippen LogP contribution >= 0.6 is 0 Å². The molecule has 0 unspecified atom stereocenters. The van der Waals surface area contributed by atoms with E-state index in [1.807, 2.05) is 19.2 Å². The molecule has 0 saturated heterocycles. The maximum atomic E-state index is 5.45. The average molecular weight is 190 g/mol. The molecule has 4 nitrogen and oxygen atoms in total. The van der Waals surface area contributed by atoms with Gasteiger partial charge in [-0.25, -0.2) is 0 Å². The van der Waals surface area contributed by atoms with Crippen LogP contribution < -0.4 is 11.1 Å². The van der Waals surface area contributed by atoms with Crippen molar-refractivity contribution in [1.82, 2.24) is 4.98 Å². The fourth-order valence-electron chi connectivity index (χ4n) is 1.05. The van der Waals surface area contributed by atoms with Crippen molar-refractivity contribution < 1.29 is 0 Å². The van der Waals surface area contributed by atoms with Crippen LogP contribution in [0.15, 0.2) is 29.5 Å². The quantitative estimate of drug-likeness (QED) is 0.702. The molecule has 74 valence electrons. The number of nitrogens with one attached hydrogen (secondary N) is 1. The van der Waals surface area contributed by atoms with Crippen molar-refractivity contribution in [2.75, 3.05) is 19.4 Å². The first-order chi connectivity index (χ1) is 6.81. The van der Waals surface area contributed by atoms with Crippen LogP contribution in [0.4, 0.5) is 5.69 Å². The van der Waals surface area contributed by atoms with E-state index in [0.717, 1.165) is 17.0 Å². The molecule has 0 aliphatic heterocycles. The number of nitrogens with two attached hydrogens (primary N) is 1. The molecule has 1 heterocycles. The molecule has 0 atom stereocenters. The molecule has 1 aromatic heterocycles. The van der Waals surface area contributed by atoms with Crippen molar-refractivity contribution in [3.05, 3.63) is 30.2 Å². The van der Waals surface area contributed by atoms with Crippen LogP contribution in [-0.2, 0) is 0 Å². The minimum atomic E-state index is 0.815. The van der Waals surface area contributed by atoms with Gasteiger partial charge in [0.25, 0.3) is 0 Å². The Balaban J connectivity index is 2.96. The molecule has 0 aliphatic rings. The van der Waals surface area contributed by atoms with Crippen molar-refractivity contribution in [2.24, 2.45) is 10.7 Å². The Labute approximate surface area is 83.6 Å². The maximum absolute atomic E-state index is 5.45.